The molecular formula is C21H23N3O4. The molecule has 7 nitrogen and oxygen atoms in total. The zero-order valence-corrected chi connectivity index (χ0v) is 15.8. The fourth-order valence-corrected chi connectivity index (χ4v) is 3.34. The average molecular weight is 381 g/mol. The van der Waals surface area contributed by atoms with Gasteiger partial charge < -0.3 is 24.6 Å². The second kappa shape index (κ2) is 7.90. The minimum atomic E-state index is -0.296. The largest absolute Gasteiger partial charge is 0.486 e. The number of piperazine rings is 1. The summed E-state index contributed by atoms with van der Waals surface area (Å²) >= 11 is 0. The van der Waals surface area contributed by atoms with Gasteiger partial charge in [0, 0.05) is 31.7 Å². The Labute approximate surface area is 163 Å². The van der Waals surface area contributed by atoms with E-state index in [1.807, 2.05) is 18.0 Å². The molecule has 0 aromatic heterocycles. The molecule has 1 saturated heterocycles. The predicted molar refractivity (Wildman–Crippen MR) is 105 cm³/mol. The third kappa shape index (κ3) is 3.80. The van der Waals surface area contributed by atoms with Gasteiger partial charge in [0.2, 0.25) is 0 Å². The minimum absolute atomic E-state index is 0.0637. The summed E-state index contributed by atoms with van der Waals surface area (Å²) in [6.07, 6.45) is 0. The first-order chi connectivity index (χ1) is 13.6. The van der Waals surface area contributed by atoms with E-state index in [1.165, 1.54) is 0 Å². The van der Waals surface area contributed by atoms with Crippen molar-refractivity contribution in [2.24, 2.45) is 0 Å². The van der Waals surface area contributed by atoms with Crippen LogP contribution in [0.5, 0.6) is 11.5 Å². The van der Waals surface area contributed by atoms with Crippen LogP contribution in [-0.4, -0.2) is 68.1 Å². The molecule has 0 radical (unpaired) electrons. The Morgan fingerprint density at radius 1 is 0.929 bits per heavy atom. The molecular weight excluding hydrogens is 358 g/mol. The van der Waals surface area contributed by atoms with E-state index in [1.54, 1.807) is 36.4 Å². The van der Waals surface area contributed by atoms with Crippen LogP contribution in [0.2, 0.25) is 0 Å². The summed E-state index contributed by atoms with van der Waals surface area (Å²) in [5, 5.41) is 2.87. The van der Waals surface area contributed by atoms with E-state index < -0.39 is 0 Å². The minimum Gasteiger partial charge on any atom is -0.486 e. The second-order valence-corrected chi connectivity index (χ2v) is 6.95. The summed E-state index contributed by atoms with van der Waals surface area (Å²) in [4.78, 5) is 29.7. The van der Waals surface area contributed by atoms with Crippen molar-refractivity contribution in [3.8, 4) is 11.5 Å². The summed E-state index contributed by atoms with van der Waals surface area (Å²) < 4.78 is 11.0. The highest BCUT2D eigenvalue weighted by molar-refractivity contribution is 6.09. The number of nitrogens with one attached hydrogen (secondary N) is 1. The van der Waals surface area contributed by atoms with Gasteiger partial charge in [-0.05, 0) is 37.4 Å². The molecule has 28 heavy (non-hydrogen) atoms. The standard InChI is InChI=1S/C21H23N3O4/c1-23-8-10-24(11-9-23)21(26)16-4-2-3-5-17(16)22-20(25)15-6-7-18-19(14-15)28-13-12-27-18/h2-7,14H,8-13H2,1H3,(H,22,25). The lowest BCUT2D eigenvalue weighted by Crippen LogP contribution is -2.47. The summed E-state index contributed by atoms with van der Waals surface area (Å²) in [6.45, 7) is 4.01. The van der Waals surface area contributed by atoms with E-state index in [0.29, 0.717) is 54.6 Å². The van der Waals surface area contributed by atoms with Crippen LogP contribution in [0.25, 0.3) is 0 Å². The molecule has 146 valence electrons. The lowest BCUT2D eigenvalue weighted by molar-refractivity contribution is 0.0665. The van der Waals surface area contributed by atoms with Crippen LogP contribution in [0.4, 0.5) is 5.69 Å². The molecule has 2 amide bonds. The summed E-state index contributed by atoms with van der Waals surface area (Å²) in [5.74, 6) is 0.830. The monoisotopic (exact) mass is 381 g/mol. The van der Waals surface area contributed by atoms with Crippen molar-refractivity contribution >= 4 is 17.5 Å². The van der Waals surface area contributed by atoms with Gasteiger partial charge in [-0.2, -0.15) is 0 Å². The molecule has 0 bridgehead atoms. The quantitative estimate of drug-likeness (QED) is 0.882. The van der Waals surface area contributed by atoms with Gasteiger partial charge in [-0.3, -0.25) is 9.59 Å². The number of hydrogen-bond donors (Lipinski definition) is 1. The Morgan fingerprint density at radius 2 is 1.64 bits per heavy atom. The van der Waals surface area contributed by atoms with Crippen LogP contribution >= 0.6 is 0 Å². The molecule has 2 aliphatic heterocycles. The van der Waals surface area contributed by atoms with Crippen LogP contribution in [0.15, 0.2) is 42.5 Å². The van der Waals surface area contributed by atoms with Gasteiger partial charge in [0.15, 0.2) is 11.5 Å². The first-order valence-corrected chi connectivity index (χ1v) is 9.39. The van der Waals surface area contributed by atoms with Gasteiger partial charge in [0.1, 0.15) is 13.2 Å². The van der Waals surface area contributed by atoms with E-state index in [4.69, 9.17) is 9.47 Å². The van der Waals surface area contributed by atoms with Crippen molar-refractivity contribution in [2.75, 3.05) is 51.8 Å². The Kier molecular flexibility index (Phi) is 5.16. The Morgan fingerprint density at radius 3 is 2.43 bits per heavy atom. The maximum absolute atomic E-state index is 13.0. The van der Waals surface area contributed by atoms with Crippen molar-refractivity contribution in [3.05, 3.63) is 53.6 Å². The zero-order valence-electron chi connectivity index (χ0n) is 15.8. The van der Waals surface area contributed by atoms with E-state index in [2.05, 4.69) is 10.2 Å². The number of carbonyl (C=O) groups excluding carboxylic acids is 2. The van der Waals surface area contributed by atoms with Gasteiger partial charge in [0.25, 0.3) is 11.8 Å². The third-order valence-electron chi connectivity index (χ3n) is 5.00. The molecule has 2 aromatic rings. The normalized spacial score (nSPS) is 16.5. The molecule has 2 aromatic carbocycles. The molecule has 4 rings (SSSR count). The first-order valence-electron chi connectivity index (χ1n) is 9.39. The van der Waals surface area contributed by atoms with Gasteiger partial charge in [-0.1, -0.05) is 12.1 Å². The second-order valence-electron chi connectivity index (χ2n) is 6.95. The van der Waals surface area contributed by atoms with Gasteiger partial charge in [0.05, 0.1) is 11.3 Å². The molecule has 2 aliphatic rings. The van der Waals surface area contributed by atoms with Crippen molar-refractivity contribution in [2.45, 2.75) is 0 Å². The van der Waals surface area contributed by atoms with Gasteiger partial charge >= 0.3 is 0 Å². The first kappa shape index (κ1) is 18.3. The highest BCUT2D eigenvalue weighted by Crippen LogP contribution is 2.31. The lowest BCUT2D eigenvalue weighted by Gasteiger charge is -2.32. The van der Waals surface area contributed by atoms with Crippen LogP contribution in [0, 0.1) is 0 Å². The van der Waals surface area contributed by atoms with Crippen LogP contribution < -0.4 is 14.8 Å². The van der Waals surface area contributed by atoms with E-state index in [0.717, 1.165) is 13.1 Å². The molecule has 2 heterocycles. The maximum Gasteiger partial charge on any atom is 0.256 e. The topological polar surface area (TPSA) is 71.1 Å². The third-order valence-corrected chi connectivity index (χ3v) is 5.00. The smallest absolute Gasteiger partial charge is 0.256 e. The van der Waals surface area contributed by atoms with E-state index >= 15 is 0 Å². The SMILES string of the molecule is CN1CCN(C(=O)c2ccccc2NC(=O)c2ccc3c(c2)OCCO3)CC1. The van der Waals surface area contributed by atoms with Crippen molar-refractivity contribution in [1.82, 2.24) is 9.80 Å². The Hall–Kier alpha value is -3.06. The lowest BCUT2D eigenvalue weighted by atomic mass is 10.1. The van der Waals surface area contributed by atoms with Crippen molar-refractivity contribution < 1.29 is 19.1 Å². The predicted octanol–water partition coefficient (Wildman–Crippen LogP) is 2.10. The zero-order chi connectivity index (χ0) is 19.5. The molecule has 0 atom stereocenters. The van der Waals surface area contributed by atoms with Crippen LogP contribution in [-0.2, 0) is 0 Å². The fraction of sp³-hybridized carbons (Fsp3) is 0.333. The highest BCUT2D eigenvalue weighted by atomic mass is 16.6. The van der Waals surface area contributed by atoms with Gasteiger partial charge in [-0.25, -0.2) is 0 Å². The maximum atomic E-state index is 13.0. The number of nitrogens with zero attached hydrogens (tertiary/aromatic N) is 2. The number of amides is 2. The van der Waals surface area contributed by atoms with Crippen molar-refractivity contribution in [3.63, 3.8) is 0 Å². The summed E-state index contributed by atoms with van der Waals surface area (Å²) in [5.41, 5.74) is 1.45. The number of carbonyl (C=O) groups is 2. The molecule has 1 N–H and O–H groups in total. The summed E-state index contributed by atoms with van der Waals surface area (Å²) in [7, 11) is 2.04. The number of benzene rings is 2. The van der Waals surface area contributed by atoms with E-state index in [9.17, 15) is 9.59 Å². The van der Waals surface area contributed by atoms with Crippen LogP contribution in [0.1, 0.15) is 20.7 Å². The number of rotatable bonds is 3. The number of fused-ring (bicyclic) bond motifs is 1. The molecule has 0 unspecified atom stereocenters. The number of ether oxygens (including phenoxy) is 2. The molecule has 1 fully saturated rings. The number of hydrogen-bond acceptors (Lipinski definition) is 5. The molecule has 0 aliphatic carbocycles. The Balaban J connectivity index is 1.52. The Bertz CT molecular complexity index is 891. The summed E-state index contributed by atoms with van der Waals surface area (Å²) in [6, 6.07) is 12.2. The molecule has 7 heteroatoms. The number of likely N-dealkylation sites (N-methyl/N-ethyl adjacent to an activating group) is 1. The molecule has 0 spiro atoms. The van der Waals surface area contributed by atoms with Crippen LogP contribution in [0.3, 0.4) is 0 Å². The number of para-hydroxylation sites is 1. The van der Waals surface area contributed by atoms with E-state index in [-0.39, 0.29) is 11.8 Å². The molecule has 0 saturated carbocycles. The number of anilines is 1. The van der Waals surface area contributed by atoms with Crippen molar-refractivity contribution in [1.29, 1.82) is 0 Å². The highest BCUT2D eigenvalue weighted by Gasteiger charge is 2.23. The average Bonchev–Trinajstić information content (AvgIpc) is 2.74. The van der Waals surface area contributed by atoms with Gasteiger partial charge in [-0.15, -0.1) is 0 Å². The fourth-order valence-electron chi connectivity index (χ4n) is 3.34.